The highest BCUT2D eigenvalue weighted by Crippen LogP contribution is 2.42. The molecule has 38 heavy (non-hydrogen) atoms. The summed E-state index contributed by atoms with van der Waals surface area (Å²) in [6.45, 7) is 3.85. The molecule has 0 bridgehead atoms. The largest absolute Gasteiger partial charge is 0.495 e. The topological polar surface area (TPSA) is 103 Å². The van der Waals surface area contributed by atoms with Crippen LogP contribution in [0.15, 0.2) is 87.9 Å². The zero-order chi connectivity index (χ0) is 27.1. The third-order valence-corrected chi connectivity index (χ3v) is 8.05. The Labute approximate surface area is 230 Å². The second-order valence-electron chi connectivity index (χ2n) is 8.47. The Balaban J connectivity index is 1.59. The molecule has 2 heterocycles. The molecule has 2 aromatic carbocycles. The van der Waals surface area contributed by atoms with E-state index in [0.717, 1.165) is 22.5 Å². The number of dihydropyridines is 1. The van der Waals surface area contributed by atoms with Crippen LogP contribution in [0.25, 0.3) is 0 Å². The summed E-state index contributed by atoms with van der Waals surface area (Å²) in [4.78, 5) is 27.2. The number of nitrogens with zero attached hydrogens (tertiary/aromatic N) is 1. The third-order valence-electron chi connectivity index (χ3n) is 6.09. The second-order valence-corrected chi connectivity index (χ2v) is 10.4. The van der Waals surface area contributed by atoms with Gasteiger partial charge in [-0.05, 0) is 48.6 Å². The Hall–Kier alpha value is -4.00. The molecule has 0 spiro atoms. The number of benzene rings is 2. The van der Waals surface area contributed by atoms with Gasteiger partial charge >= 0.3 is 0 Å². The Morgan fingerprint density at radius 2 is 1.82 bits per heavy atom. The number of anilines is 2. The van der Waals surface area contributed by atoms with Crippen molar-refractivity contribution < 1.29 is 14.3 Å². The van der Waals surface area contributed by atoms with Gasteiger partial charge < -0.3 is 20.7 Å². The lowest BCUT2D eigenvalue weighted by Crippen LogP contribution is -2.31. The van der Waals surface area contributed by atoms with Crippen molar-refractivity contribution in [2.75, 3.05) is 23.5 Å². The Morgan fingerprint density at radius 3 is 2.50 bits per heavy atom. The summed E-state index contributed by atoms with van der Waals surface area (Å²) in [6, 6.07) is 21.0. The molecule has 1 aromatic heterocycles. The van der Waals surface area contributed by atoms with Gasteiger partial charge in [0.15, 0.2) is 0 Å². The molecule has 1 atom stereocenters. The first-order chi connectivity index (χ1) is 18.5. The molecule has 1 aliphatic heterocycles. The number of nitriles is 1. The minimum Gasteiger partial charge on any atom is -0.495 e. The van der Waals surface area contributed by atoms with E-state index in [1.165, 1.54) is 23.1 Å². The zero-order valence-corrected chi connectivity index (χ0v) is 23.0. The summed E-state index contributed by atoms with van der Waals surface area (Å²) in [5, 5.41) is 21.9. The molecule has 0 fully saturated rings. The molecule has 3 N–H and O–H groups in total. The van der Waals surface area contributed by atoms with Crippen LogP contribution < -0.4 is 20.7 Å². The maximum atomic E-state index is 13.6. The molecular weight excluding hydrogens is 516 g/mol. The van der Waals surface area contributed by atoms with Crippen molar-refractivity contribution in [2.24, 2.45) is 0 Å². The summed E-state index contributed by atoms with van der Waals surface area (Å²) < 4.78 is 5.38. The summed E-state index contributed by atoms with van der Waals surface area (Å²) >= 11 is 2.73. The number of carbonyl (C=O) groups is 2. The van der Waals surface area contributed by atoms with Crippen molar-refractivity contribution >= 4 is 46.3 Å². The lowest BCUT2D eigenvalue weighted by Gasteiger charge is -2.29. The van der Waals surface area contributed by atoms with Gasteiger partial charge in [-0.1, -0.05) is 55.1 Å². The molecule has 9 heteroatoms. The fourth-order valence-electron chi connectivity index (χ4n) is 4.28. The third kappa shape index (κ3) is 5.93. The maximum absolute atomic E-state index is 13.6. The van der Waals surface area contributed by atoms with Gasteiger partial charge in [0.2, 0.25) is 5.91 Å². The number of allylic oxidation sites excluding steroid dienone is 2. The summed E-state index contributed by atoms with van der Waals surface area (Å²) in [5.41, 5.74) is 3.84. The van der Waals surface area contributed by atoms with E-state index in [2.05, 4.69) is 22.0 Å². The van der Waals surface area contributed by atoms with Crippen LogP contribution in [0.2, 0.25) is 0 Å². The van der Waals surface area contributed by atoms with E-state index in [0.29, 0.717) is 33.3 Å². The minimum atomic E-state index is -0.567. The average Bonchev–Trinajstić information content (AvgIpc) is 3.46. The smallest absolute Gasteiger partial charge is 0.254 e. The minimum absolute atomic E-state index is 0.110. The van der Waals surface area contributed by atoms with Crippen molar-refractivity contribution in [1.82, 2.24) is 5.32 Å². The quantitative estimate of drug-likeness (QED) is 0.304. The van der Waals surface area contributed by atoms with Crippen LogP contribution in [0, 0.1) is 11.3 Å². The number of nitrogens with one attached hydrogen (secondary N) is 3. The molecule has 4 rings (SSSR count). The summed E-state index contributed by atoms with van der Waals surface area (Å²) in [7, 11) is 1.54. The standard InChI is InChI=1S/C29H28N4O3S2/c1-4-19-10-5-6-11-21(19)32-25(34)17-38-29-20(16-30)27(24-14-9-15-37-24)26(18(2)31-29)28(35)33-22-12-7-8-13-23(22)36-3/h5-15,27,31H,4,17H2,1-3H3,(H,32,34)(H,33,35)/t27-/m0/s1. The van der Waals surface area contributed by atoms with Crippen molar-refractivity contribution in [3.63, 3.8) is 0 Å². The maximum Gasteiger partial charge on any atom is 0.254 e. The number of ether oxygens (including phenoxy) is 1. The molecule has 0 radical (unpaired) electrons. The van der Waals surface area contributed by atoms with E-state index in [1.807, 2.05) is 67.8 Å². The number of para-hydroxylation sites is 3. The monoisotopic (exact) mass is 544 g/mol. The van der Waals surface area contributed by atoms with Crippen LogP contribution in [0.4, 0.5) is 11.4 Å². The van der Waals surface area contributed by atoms with Gasteiger partial charge in [0, 0.05) is 21.8 Å². The van der Waals surface area contributed by atoms with Crippen LogP contribution >= 0.6 is 23.1 Å². The molecule has 0 unspecified atom stereocenters. The number of thiophene rings is 1. The van der Waals surface area contributed by atoms with Gasteiger partial charge in [-0.25, -0.2) is 0 Å². The van der Waals surface area contributed by atoms with Crippen molar-refractivity contribution in [3.05, 3.63) is 98.4 Å². The van der Waals surface area contributed by atoms with E-state index in [1.54, 1.807) is 19.2 Å². The highest BCUT2D eigenvalue weighted by molar-refractivity contribution is 8.03. The predicted molar refractivity (Wildman–Crippen MR) is 154 cm³/mol. The summed E-state index contributed by atoms with van der Waals surface area (Å²) in [6.07, 6.45) is 0.807. The second kappa shape index (κ2) is 12.5. The van der Waals surface area contributed by atoms with E-state index >= 15 is 0 Å². The molecule has 7 nitrogen and oxygen atoms in total. The van der Waals surface area contributed by atoms with Crippen molar-refractivity contribution in [3.8, 4) is 11.8 Å². The first kappa shape index (κ1) is 27.0. The SMILES string of the molecule is CCc1ccccc1NC(=O)CSC1=C(C#N)[C@@H](c2cccs2)C(C(=O)Nc2ccccc2OC)=C(C)N1. The Kier molecular flexibility index (Phi) is 8.89. The first-order valence-electron chi connectivity index (χ1n) is 12.1. The highest BCUT2D eigenvalue weighted by Gasteiger charge is 2.35. The van der Waals surface area contributed by atoms with Crippen LogP contribution in [0.3, 0.4) is 0 Å². The van der Waals surface area contributed by atoms with Crippen LogP contribution in [0.5, 0.6) is 5.75 Å². The van der Waals surface area contributed by atoms with Gasteiger partial charge in [0.05, 0.1) is 41.1 Å². The number of methoxy groups -OCH3 is 1. The number of aryl methyl sites for hydroxylation is 1. The number of hydrogen-bond donors (Lipinski definition) is 3. The van der Waals surface area contributed by atoms with E-state index in [4.69, 9.17) is 4.74 Å². The highest BCUT2D eigenvalue weighted by atomic mass is 32.2. The number of rotatable bonds is 9. The molecule has 194 valence electrons. The van der Waals surface area contributed by atoms with Gasteiger partial charge in [-0.15, -0.1) is 11.3 Å². The molecular formula is C29H28N4O3S2. The average molecular weight is 545 g/mol. The van der Waals surface area contributed by atoms with Gasteiger partial charge in [-0.2, -0.15) is 5.26 Å². The fourth-order valence-corrected chi connectivity index (χ4v) is 6.01. The zero-order valence-electron chi connectivity index (χ0n) is 21.3. The van der Waals surface area contributed by atoms with Crippen molar-refractivity contribution in [1.29, 1.82) is 5.26 Å². The van der Waals surface area contributed by atoms with Gasteiger partial charge in [-0.3, -0.25) is 9.59 Å². The molecule has 0 saturated heterocycles. The number of carbonyl (C=O) groups excluding carboxylic acids is 2. The number of thioether (sulfide) groups is 1. The Bertz CT molecular complexity index is 1440. The van der Waals surface area contributed by atoms with Crippen molar-refractivity contribution in [2.45, 2.75) is 26.2 Å². The van der Waals surface area contributed by atoms with Crippen LogP contribution in [0.1, 0.15) is 30.2 Å². The van der Waals surface area contributed by atoms with E-state index < -0.39 is 5.92 Å². The van der Waals surface area contributed by atoms with Crippen LogP contribution in [-0.4, -0.2) is 24.7 Å². The molecule has 3 aromatic rings. The Morgan fingerprint density at radius 1 is 1.08 bits per heavy atom. The van der Waals surface area contributed by atoms with Crippen LogP contribution in [-0.2, 0) is 16.0 Å². The first-order valence-corrected chi connectivity index (χ1v) is 13.9. The predicted octanol–water partition coefficient (Wildman–Crippen LogP) is 6.03. The molecule has 0 saturated carbocycles. The number of amides is 2. The molecule has 1 aliphatic rings. The lowest BCUT2D eigenvalue weighted by atomic mass is 9.86. The lowest BCUT2D eigenvalue weighted by molar-refractivity contribution is -0.114. The van der Waals surface area contributed by atoms with E-state index in [9.17, 15) is 14.9 Å². The molecule has 2 amide bonds. The van der Waals surface area contributed by atoms with Gasteiger partial charge in [0.25, 0.3) is 5.91 Å². The summed E-state index contributed by atoms with van der Waals surface area (Å²) in [5.74, 6) is -0.417. The fraction of sp³-hybridized carbons (Fsp3) is 0.207. The van der Waals surface area contributed by atoms with E-state index in [-0.39, 0.29) is 17.6 Å². The van der Waals surface area contributed by atoms with Gasteiger partial charge in [0.1, 0.15) is 5.75 Å². The number of hydrogen-bond acceptors (Lipinski definition) is 7. The molecule has 0 aliphatic carbocycles. The normalized spacial score (nSPS) is 14.9.